The molecule has 9 heteroatoms. The third-order valence-corrected chi connectivity index (χ3v) is 5.26. The van der Waals surface area contributed by atoms with E-state index in [0.717, 1.165) is 6.07 Å². The zero-order valence-corrected chi connectivity index (χ0v) is 15.6. The van der Waals surface area contributed by atoms with Gasteiger partial charge < -0.3 is 9.88 Å². The molecule has 4 rings (SSSR count). The van der Waals surface area contributed by atoms with Gasteiger partial charge in [0, 0.05) is 31.3 Å². The van der Waals surface area contributed by atoms with Gasteiger partial charge in [-0.3, -0.25) is 4.79 Å². The molecule has 1 aliphatic carbocycles. The number of hydrogen-bond donors (Lipinski definition) is 1. The molecule has 1 N–H and O–H groups in total. The number of nitrogens with zero attached hydrogens (tertiary/aromatic N) is 3. The first-order valence-electron chi connectivity index (χ1n) is 9.09. The topological polar surface area (TPSA) is 59.8 Å². The summed E-state index contributed by atoms with van der Waals surface area (Å²) in [5.41, 5.74) is -1.47. The Labute approximate surface area is 163 Å². The number of aromatic nitrogens is 3. The summed E-state index contributed by atoms with van der Waals surface area (Å²) in [6, 6.07) is 5.11. The van der Waals surface area contributed by atoms with Gasteiger partial charge in [-0.15, -0.1) is 0 Å². The van der Waals surface area contributed by atoms with E-state index >= 15 is 0 Å². The van der Waals surface area contributed by atoms with Gasteiger partial charge >= 0.3 is 0 Å². The molecule has 5 nitrogen and oxygen atoms in total. The fraction of sp³-hybridized carbons (Fsp3) is 0.350. The van der Waals surface area contributed by atoms with Gasteiger partial charge in [-0.25, -0.2) is 27.5 Å². The highest BCUT2D eigenvalue weighted by atomic mass is 19.3. The highest BCUT2D eigenvalue weighted by Crippen LogP contribution is 2.43. The van der Waals surface area contributed by atoms with Crippen molar-refractivity contribution in [3.8, 4) is 0 Å². The van der Waals surface area contributed by atoms with Gasteiger partial charge in [0.2, 0.25) is 0 Å². The van der Waals surface area contributed by atoms with Crippen molar-refractivity contribution in [1.29, 1.82) is 0 Å². The Bertz CT molecular complexity index is 1140. The summed E-state index contributed by atoms with van der Waals surface area (Å²) < 4.78 is 56.4. The third-order valence-electron chi connectivity index (χ3n) is 5.26. The summed E-state index contributed by atoms with van der Waals surface area (Å²) in [6.07, 6.45) is 3.87. The predicted molar refractivity (Wildman–Crippen MR) is 100 cm³/mol. The fourth-order valence-electron chi connectivity index (χ4n) is 3.36. The van der Waals surface area contributed by atoms with Crippen LogP contribution >= 0.6 is 0 Å². The molecule has 2 heterocycles. The standard InChI is InChI=1S/C20H18F4N4O/c1-19(23,24)14-4-2-3-12(17(14)22)8-25-18-13-9-28(20(10-21)5-6-20)16(29)7-15(13)26-11-27-18/h2-4,7,9,11H,5-6,8,10H2,1H3,(H,25,26,27). The Balaban J connectivity index is 1.69. The van der Waals surface area contributed by atoms with Crippen molar-refractivity contribution in [1.82, 2.24) is 14.5 Å². The van der Waals surface area contributed by atoms with Gasteiger partial charge in [0.05, 0.1) is 22.0 Å². The van der Waals surface area contributed by atoms with Crippen molar-refractivity contribution in [2.24, 2.45) is 0 Å². The molecule has 0 aliphatic heterocycles. The minimum atomic E-state index is -3.30. The zero-order chi connectivity index (χ0) is 20.8. The van der Waals surface area contributed by atoms with Crippen LogP contribution in [0.25, 0.3) is 10.9 Å². The van der Waals surface area contributed by atoms with Crippen molar-refractivity contribution < 1.29 is 17.6 Å². The molecule has 1 fully saturated rings. The quantitative estimate of drug-likeness (QED) is 0.626. The molecule has 1 saturated carbocycles. The first kappa shape index (κ1) is 19.4. The van der Waals surface area contributed by atoms with E-state index in [-0.39, 0.29) is 17.7 Å². The highest BCUT2D eigenvalue weighted by Gasteiger charge is 2.45. The molecule has 0 bridgehead atoms. The lowest BCUT2D eigenvalue weighted by Crippen LogP contribution is -2.31. The molecule has 1 aromatic carbocycles. The number of nitrogens with one attached hydrogen (secondary N) is 1. The molecule has 29 heavy (non-hydrogen) atoms. The number of benzene rings is 1. The summed E-state index contributed by atoms with van der Waals surface area (Å²) in [5.74, 6) is -3.99. The van der Waals surface area contributed by atoms with Gasteiger partial charge in [0.25, 0.3) is 11.5 Å². The summed E-state index contributed by atoms with van der Waals surface area (Å²) >= 11 is 0. The molecule has 0 saturated heterocycles. The molecule has 0 spiro atoms. The maximum atomic E-state index is 14.5. The molecule has 152 valence electrons. The summed E-state index contributed by atoms with van der Waals surface area (Å²) in [7, 11) is 0. The van der Waals surface area contributed by atoms with Crippen LogP contribution in [0.1, 0.15) is 30.9 Å². The van der Waals surface area contributed by atoms with Crippen LogP contribution in [0.5, 0.6) is 0 Å². The number of halogens is 4. The lowest BCUT2D eigenvalue weighted by Gasteiger charge is -2.17. The van der Waals surface area contributed by atoms with Crippen molar-refractivity contribution >= 4 is 16.7 Å². The number of alkyl halides is 3. The minimum Gasteiger partial charge on any atom is -0.365 e. The normalized spacial score (nSPS) is 15.5. The van der Waals surface area contributed by atoms with Crippen LogP contribution in [-0.4, -0.2) is 21.2 Å². The molecule has 0 amide bonds. The first-order chi connectivity index (χ1) is 13.7. The van der Waals surface area contributed by atoms with Gasteiger partial charge in [-0.05, 0) is 12.8 Å². The Morgan fingerprint density at radius 1 is 1.28 bits per heavy atom. The zero-order valence-electron chi connectivity index (χ0n) is 15.6. The van der Waals surface area contributed by atoms with Crippen LogP contribution in [0.15, 0.2) is 41.6 Å². The average Bonchev–Trinajstić information content (AvgIpc) is 3.46. The van der Waals surface area contributed by atoms with Crippen LogP contribution in [0.4, 0.5) is 23.4 Å². The smallest absolute Gasteiger partial charge is 0.273 e. The Kier molecular flexibility index (Phi) is 4.55. The van der Waals surface area contributed by atoms with E-state index < -0.39 is 29.5 Å². The van der Waals surface area contributed by atoms with Crippen LogP contribution in [-0.2, 0) is 18.0 Å². The second kappa shape index (κ2) is 6.82. The fourth-order valence-corrected chi connectivity index (χ4v) is 3.36. The highest BCUT2D eigenvalue weighted by molar-refractivity contribution is 5.88. The number of rotatable bonds is 6. The number of fused-ring (bicyclic) bond motifs is 1. The molecule has 0 unspecified atom stereocenters. The van der Waals surface area contributed by atoms with Crippen molar-refractivity contribution in [2.75, 3.05) is 12.0 Å². The largest absolute Gasteiger partial charge is 0.365 e. The van der Waals surface area contributed by atoms with E-state index in [0.29, 0.717) is 36.5 Å². The van der Waals surface area contributed by atoms with E-state index in [1.807, 2.05) is 0 Å². The Hall–Kier alpha value is -2.97. The van der Waals surface area contributed by atoms with Crippen molar-refractivity contribution in [2.45, 2.75) is 37.8 Å². The van der Waals surface area contributed by atoms with E-state index in [2.05, 4.69) is 15.3 Å². The Morgan fingerprint density at radius 2 is 2.03 bits per heavy atom. The molecule has 2 aromatic heterocycles. The van der Waals surface area contributed by atoms with Crippen LogP contribution in [0.2, 0.25) is 0 Å². The van der Waals surface area contributed by atoms with E-state index in [9.17, 15) is 22.4 Å². The lowest BCUT2D eigenvalue weighted by atomic mass is 10.0. The van der Waals surface area contributed by atoms with E-state index in [1.54, 1.807) is 0 Å². The average molecular weight is 406 g/mol. The van der Waals surface area contributed by atoms with E-state index in [4.69, 9.17) is 0 Å². The summed E-state index contributed by atoms with van der Waals surface area (Å²) in [4.78, 5) is 20.5. The first-order valence-corrected chi connectivity index (χ1v) is 9.09. The Morgan fingerprint density at radius 3 is 2.69 bits per heavy atom. The summed E-state index contributed by atoms with van der Waals surface area (Å²) in [6.45, 7) is -0.119. The van der Waals surface area contributed by atoms with Crippen LogP contribution < -0.4 is 10.9 Å². The second-order valence-electron chi connectivity index (χ2n) is 7.38. The van der Waals surface area contributed by atoms with Crippen molar-refractivity contribution in [3.63, 3.8) is 0 Å². The monoisotopic (exact) mass is 406 g/mol. The second-order valence-corrected chi connectivity index (χ2v) is 7.38. The minimum absolute atomic E-state index is 0.0477. The van der Waals surface area contributed by atoms with Gasteiger partial charge in [0.15, 0.2) is 0 Å². The molecule has 1 aliphatic rings. The lowest BCUT2D eigenvalue weighted by molar-refractivity contribution is 0.0136. The van der Waals surface area contributed by atoms with Crippen LogP contribution in [0.3, 0.4) is 0 Å². The maximum absolute atomic E-state index is 14.5. The molecular formula is C20H18F4N4O. The number of pyridine rings is 1. The summed E-state index contributed by atoms with van der Waals surface area (Å²) in [5, 5.41) is 3.38. The number of hydrogen-bond acceptors (Lipinski definition) is 4. The third kappa shape index (κ3) is 3.45. The molecule has 3 aromatic rings. The molecule has 0 atom stereocenters. The van der Waals surface area contributed by atoms with Gasteiger partial charge in [0.1, 0.15) is 24.6 Å². The van der Waals surface area contributed by atoms with E-state index in [1.165, 1.54) is 35.3 Å². The molecular weight excluding hydrogens is 388 g/mol. The molecule has 0 radical (unpaired) electrons. The van der Waals surface area contributed by atoms with Gasteiger partial charge in [-0.1, -0.05) is 18.2 Å². The van der Waals surface area contributed by atoms with Crippen LogP contribution in [0, 0.1) is 5.82 Å². The predicted octanol–water partition coefficient (Wildman–Crippen LogP) is 4.11. The van der Waals surface area contributed by atoms with Gasteiger partial charge in [-0.2, -0.15) is 0 Å². The maximum Gasteiger partial charge on any atom is 0.273 e. The SMILES string of the molecule is CC(F)(F)c1cccc(CNc2ncnc3cc(=O)n(C4(CF)CC4)cc23)c1F. The number of anilines is 1. The van der Waals surface area contributed by atoms with Crippen molar-refractivity contribution in [3.05, 3.63) is 64.1 Å².